The van der Waals surface area contributed by atoms with Gasteiger partial charge in [0, 0.05) is 6.20 Å². The molecule has 0 saturated heterocycles. The molecule has 1 atom stereocenters. The summed E-state index contributed by atoms with van der Waals surface area (Å²) in [5.74, 6) is -0.699. The lowest BCUT2D eigenvalue weighted by Crippen LogP contribution is -2.03. The van der Waals surface area contributed by atoms with Crippen LogP contribution in [0.4, 0.5) is 0 Å². The summed E-state index contributed by atoms with van der Waals surface area (Å²) in [6.07, 6.45) is 0.601. The van der Waals surface area contributed by atoms with Crippen molar-refractivity contribution in [2.45, 2.75) is 13.0 Å². The van der Waals surface area contributed by atoms with Crippen LogP contribution in [-0.2, 0) is 0 Å². The second-order valence-corrected chi connectivity index (χ2v) is 3.19. The summed E-state index contributed by atoms with van der Waals surface area (Å²) in [7, 11) is 0. The van der Waals surface area contributed by atoms with E-state index >= 15 is 0 Å². The molecule has 6 nitrogen and oxygen atoms in total. The maximum absolute atomic E-state index is 10.7. The molecule has 0 bridgehead atoms. The molecule has 78 valence electrons. The number of carboxylic acid groups (broad SMARTS) is 1. The molecule has 0 aromatic carbocycles. The van der Waals surface area contributed by atoms with E-state index in [4.69, 9.17) is 5.11 Å². The molecule has 0 amide bonds. The van der Waals surface area contributed by atoms with Gasteiger partial charge in [-0.3, -0.25) is 4.40 Å². The highest BCUT2D eigenvalue weighted by Crippen LogP contribution is 2.12. The van der Waals surface area contributed by atoms with Crippen LogP contribution < -0.4 is 0 Å². The Bertz CT molecular complexity index is 518. The third kappa shape index (κ3) is 1.55. The fraction of sp³-hybridized carbons (Fsp3) is 0.222. The van der Waals surface area contributed by atoms with Crippen LogP contribution >= 0.6 is 0 Å². The molecule has 0 aliphatic heterocycles. The number of aliphatic hydroxyl groups is 1. The van der Waals surface area contributed by atoms with Crippen molar-refractivity contribution in [3.63, 3.8) is 0 Å². The molecule has 2 aromatic heterocycles. The summed E-state index contributed by atoms with van der Waals surface area (Å²) in [5.41, 5.74) is 0.639. The van der Waals surface area contributed by atoms with Gasteiger partial charge in [-0.1, -0.05) is 0 Å². The first kappa shape index (κ1) is 9.60. The van der Waals surface area contributed by atoms with Gasteiger partial charge in [0.1, 0.15) is 6.10 Å². The van der Waals surface area contributed by atoms with E-state index in [2.05, 4.69) is 10.2 Å². The maximum Gasteiger partial charge on any atom is 0.337 e. The van der Waals surface area contributed by atoms with Gasteiger partial charge >= 0.3 is 5.97 Å². The molecular formula is C9H9N3O3. The lowest BCUT2D eigenvalue weighted by atomic mass is 10.3. The molecule has 6 heteroatoms. The lowest BCUT2D eigenvalue weighted by Gasteiger charge is -2.02. The highest BCUT2D eigenvalue weighted by atomic mass is 16.4. The maximum atomic E-state index is 10.7. The van der Waals surface area contributed by atoms with Crippen molar-refractivity contribution in [2.24, 2.45) is 0 Å². The van der Waals surface area contributed by atoms with Gasteiger partial charge in [0.05, 0.1) is 5.56 Å². The number of carboxylic acids is 1. The average Bonchev–Trinajstić information content (AvgIpc) is 2.59. The van der Waals surface area contributed by atoms with E-state index < -0.39 is 12.1 Å². The Balaban J connectivity index is 2.66. The van der Waals surface area contributed by atoms with Crippen LogP contribution in [0.25, 0.3) is 5.65 Å². The number of aromatic nitrogens is 3. The largest absolute Gasteiger partial charge is 0.478 e. The Labute approximate surface area is 84.8 Å². The second-order valence-electron chi connectivity index (χ2n) is 3.19. The summed E-state index contributed by atoms with van der Waals surface area (Å²) >= 11 is 0. The predicted octanol–water partition coefficient (Wildman–Crippen LogP) is 0.481. The van der Waals surface area contributed by atoms with Crippen molar-refractivity contribution in [1.82, 2.24) is 14.6 Å². The van der Waals surface area contributed by atoms with Crippen LogP contribution in [0.2, 0.25) is 0 Å². The van der Waals surface area contributed by atoms with Gasteiger partial charge in [-0.25, -0.2) is 4.79 Å². The van der Waals surface area contributed by atoms with Gasteiger partial charge in [0.2, 0.25) is 0 Å². The normalized spacial score (nSPS) is 12.9. The number of hydrogen-bond acceptors (Lipinski definition) is 4. The third-order valence-electron chi connectivity index (χ3n) is 2.05. The van der Waals surface area contributed by atoms with Gasteiger partial charge in [-0.2, -0.15) is 0 Å². The predicted molar refractivity (Wildman–Crippen MR) is 50.6 cm³/mol. The molecule has 0 aliphatic carbocycles. The van der Waals surface area contributed by atoms with Crippen LogP contribution in [0.3, 0.4) is 0 Å². The number of nitrogens with zero attached hydrogens (tertiary/aromatic N) is 3. The summed E-state index contributed by atoms with van der Waals surface area (Å²) in [4.78, 5) is 10.7. The van der Waals surface area contributed by atoms with E-state index in [1.165, 1.54) is 16.7 Å². The molecule has 2 aromatic rings. The second kappa shape index (κ2) is 3.32. The summed E-state index contributed by atoms with van der Waals surface area (Å²) in [6.45, 7) is 1.55. The van der Waals surface area contributed by atoms with Crippen LogP contribution in [0.5, 0.6) is 0 Å². The quantitative estimate of drug-likeness (QED) is 0.747. The Morgan fingerprint density at radius 2 is 2.20 bits per heavy atom. The van der Waals surface area contributed by atoms with E-state index in [1.54, 1.807) is 13.0 Å². The van der Waals surface area contributed by atoms with Crippen molar-refractivity contribution in [3.8, 4) is 0 Å². The van der Waals surface area contributed by atoms with Gasteiger partial charge in [0.25, 0.3) is 0 Å². The fourth-order valence-electron chi connectivity index (χ4n) is 1.32. The molecule has 1 unspecified atom stereocenters. The Morgan fingerprint density at radius 1 is 1.47 bits per heavy atom. The highest BCUT2D eigenvalue weighted by molar-refractivity contribution is 5.87. The summed E-state index contributed by atoms with van der Waals surface area (Å²) in [5, 5.41) is 25.7. The van der Waals surface area contributed by atoms with Crippen molar-refractivity contribution in [3.05, 3.63) is 29.7 Å². The summed E-state index contributed by atoms with van der Waals surface area (Å²) < 4.78 is 1.47. The molecule has 0 aliphatic rings. The van der Waals surface area contributed by atoms with Crippen molar-refractivity contribution in [1.29, 1.82) is 0 Å². The standard InChI is InChI=1S/C9H9N3O3/c1-5(13)8-11-10-7-3-2-6(9(14)15)4-12(7)8/h2-5,13H,1H3,(H,14,15). The molecule has 15 heavy (non-hydrogen) atoms. The monoisotopic (exact) mass is 207 g/mol. The zero-order valence-corrected chi connectivity index (χ0v) is 7.95. The summed E-state index contributed by atoms with van der Waals surface area (Å²) in [6, 6.07) is 2.99. The van der Waals surface area contributed by atoms with Crippen LogP contribution in [0.1, 0.15) is 29.2 Å². The van der Waals surface area contributed by atoms with E-state index in [1.807, 2.05) is 0 Å². The zero-order chi connectivity index (χ0) is 11.0. The Morgan fingerprint density at radius 3 is 2.80 bits per heavy atom. The smallest absolute Gasteiger partial charge is 0.337 e. The third-order valence-corrected chi connectivity index (χ3v) is 2.05. The number of carbonyl (C=O) groups is 1. The topological polar surface area (TPSA) is 87.7 Å². The Kier molecular flexibility index (Phi) is 2.12. The first-order chi connectivity index (χ1) is 7.09. The first-order valence-electron chi connectivity index (χ1n) is 4.35. The number of aromatic carboxylic acids is 1. The van der Waals surface area contributed by atoms with E-state index in [9.17, 15) is 9.90 Å². The minimum absolute atomic E-state index is 0.129. The molecule has 0 radical (unpaired) electrons. The van der Waals surface area contributed by atoms with Crippen molar-refractivity contribution >= 4 is 11.6 Å². The molecule has 2 heterocycles. The fourth-order valence-corrected chi connectivity index (χ4v) is 1.32. The first-order valence-corrected chi connectivity index (χ1v) is 4.35. The van der Waals surface area contributed by atoms with E-state index in [-0.39, 0.29) is 5.56 Å². The lowest BCUT2D eigenvalue weighted by molar-refractivity contribution is 0.0696. The molecule has 2 rings (SSSR count). The van der Waals surface area contributed by atoms with Crippen LogP contribution in [-0.4, -0.2) is 30.8 Å². The number of pyridine rings is 1. The van der Waals surface area contributed by atoms with E-state index in [0.717, 1.165) is 0 Å². The zero-order valence-electron chi connectivity index (χ0n) is 7.95. The number of hydrogen-bond donors (Lipinski definition) is 2. The number of fused-ring (bicyclic) bond motifs is 1. The number of aliphatic hydroxyl groups excluding tert-OH is 1. The number of rotatable bonds is 2. The minimum Gasteiger partial charge on any atom is -0.478 e. The van der Waals surface area contributed by atoms with E-state index in [0.29, 0.717) is 11.5 Å². The SMILES string of the molecule is CC(O)c1nnc2ccc(C(=O)O)cn12. The Hall–Kier alpha value is -1.95. The van der Waals surface area contributed by atoms with Gasteiger partial charge < -0.3 is 10.2 Å². The van der Waals surface area contributed by atoms with Gasteiger partial charge in [0.15, 0.2) is 11.5 Å². The minimum atomic E-state index is -1.03. The highest BCUT2D eigenvalue weighted by Gasteiger charge is 2.12. The van der Waals surface area contributed by atoms with Crippen molar-refractivity contribution < 1.29 is 15.0 Å². The van der Waals surface area contributed by atoms with Crippen LogP contribution in [0.15, 0.2) is 18.3 Å². The molecule has 0 spiro atoms. The van der Waals surface area contributed by atoms with Gasteiger partial charge in [-0.05, 0) is 19.1 Å². The molecule has 0 saturated carbocycles. The van der Waals surface area contributed by atoms with Crippen molar-refractivity contribution in [2.75, 3.05) is 0 Å². The molecule has 2 N–H and O–H groups in total. The molecular weight excluding hydrogens is 198 g/mol. The molecule has 0 fully saturated rings. The van der Waals surface area contributed by atoms with Crippen LogP contribution in [0, 0.1) is 0 Å². The van der Waals surface area contributed by atoms with Gasteiger partial charge in [-0.15, -0.1) is 10.2 Å². The average molecular weight is 207 g/mol.